The molecule has 3 rings (SSSR count). The molecule has 0 spiro atoms. The SMILES string of the molecule is COCCOCCOCCOCCOCCOCCOCCOCCOCCOCCOCCOCCC(=O)NC(CCCCNC(=O)CCCCOC1OC(CO)C(O)C(O)C1C)C(=O)N(CCNC(=O)CCCCOC1OC(CO)C(O)C(O)C1C)CCNC(=O)CCCCOC1OC(CO)C(O)C(O)C1C. The molecule has 5 amide bonds. The van der Waals surface area contributed by atoms with Crippen molar-refractivity contribution < 1.29 is 155 Å². The minimum atomic E-state index is -1.27. The number of unbranched alkanes of at least 4 members (excludes halogenated alkanes) is 4. The summed E-state index contributed by atoms with van der Waals surface area (Å²) in [5, 5.41) is 102. The maximum Gasteiger partial charge on any atom is 0.245 e. The summed E-state index contributed by atoms with van der Waals surface area (Å²) < 4.78 is 99.9. The van der Waals surface area contributed by atoms with Gasteiger partial charge in [0, 0.05) is 103 Å². The van der Waals surface area contributed by atoms with Gasteiger partial charge in [-0.3, -0.25) is 24.0 Å². The van der Waals surface area contributed by atoms with E-state index >= 15 is 0 Å². The van der Waals surface area contributed by atoms with Crippen LogP contribution in [0.2, 0.25) is 0 Å². The molecular weight excluding hydrogens is 1450 g/mol. The van der Waals surface area contributed by atoms with E-state index in [1.165, 1.54) is 4.90 Å². The summed E-state index contributed by atoms with van der Waals surface area (Å²) in [6, 6.07) is -1.07. The average molecular weight is 1580 g/mol. The number of nitrogens with zero attached hydrogens (tertiary/aromatic N) is 1. The van der Waals surface area contributed by atoms with E-state index in [0.717, 1.165) is 0 Å². The predicted octanol–water partition coefficient (Wildman–Crippen LogP) is -3.18. The van der Waals surface area contributed by atoms with E-state index in [0.29, 0.717) is 184 Å². The van der Waals surface area contributed by atoms with Crippen molar-refractivity contribution in [2.75, 3.05) is 231 Å². The predicted molar refractivity (Wildman–Crippen MR) is 387 cm³/mol. The number of ether oxygens (including phenoxy) is 18. The summed E-state index contributed by atoms with van der Waals surface area (Å²) >= 11 is 0. The molecule has 3 saturated heterocycles. The van der Waals surface area contributed by atoms with Gasteiger partial charge in [0.2, 0.25) is 29.5 Å². The number of carbonyl (C=O) groups excluding carboxylic acids is 5. The first-order chi connectivity index (χ1) is 52.9. The Morgan fingerprint density at radius 3 is 0.917 bits per heavy atom. The number of methoxy groups -OCH3 is 1. The zero-order valence-corrected chi connectivity index (χ0v) is 64.8. The van der Waals surface area contributed by atoms with Gasteiger partial charge in [-0.05, 0) is 57.8 Å². The van der Waals surface area contributed by atoms with Gasteiger partial charge in [0.25, 0.3) is 0 Å². The third-order valence-electron chi connectivity index (χ3n) is 18.0. The second-order valence-corrected chi connectivity index (χ2v) is 26.7. The Morgan fingerprint density at radius 1 is 0.339 bits per heavy atom. The van der Waals surface area contributed by atoms with Crippen LogP contribution in [0.3, 0.4) is 0 Å². The van der Waals surface area contributed by atoms with Gasteiger partial charge in [-0.25, -0.2) is 0 Å². The molecule has 0 aromatic heterocycles. The fourth-order valence-corrected chi connectivity index (χ4v) is 11.3. The van der Waals surface area contributed by atoms with Crippen molar-refractivity contribution in [3.05, 3.63) is 0 Å². The average Bonchev–Trinajstić information content (AvgIpc) is 0.825. The van der Waals surface area contributed by atoms with Crippen LogP contribution in [-0.4, -0.2) is 392 Å². The number of nitrogens with one attached hydrogen (secondary N) is 4. The van der Waals surface area contributed by atoms with E-state index in [1.807, 2.05) is 0 Å². The Bertz CT molecular complexity index is 2200. The standard InChI is InChI=1S/C72H135N5O32/c1-52-63(85)66(88)56(49-78)107-70(52)104-23-10-6-14-59(81)73-18-9-5-13-55(76-62(84)17-26-93-29-30-95-33-34-97-37-38-99-41-42-101-45-46-103-48-47-102-44-43-100-40-39-98-36-35-96-32-31-94-28-27-92-4)69(91)77(21-19-74-60(82)15-7-11-24-105-71-53(2)64(86)67(89)57(50-79)108-71)22-20-75-61(83)16-8-12-25-106-72-54(3)65(87)68(90)58(51-80)109-72/h52-58,63-68,70-72,78-80,85-90H,5-51H2,1-4H3,(H,73,81)(H,74,82)(H,75,83)(H,76,84). The third-order valence-corrected chi connectivity index (χ3v) is 18.0. The first kappa shape index (κ1) is 99.5. The largest absolute Gasteiger partial charge is 0.394 e. The van der Waals surface area contributed by atoms with Gasteiger partial charge in [0.1, 0.15) is 42.7 Å². The maximum atomic E-state index is 14.7. The number of aliphatic hydroxyl groups excluding tert-OH is 9. The lowest BCUT2D eigenvalue weighted by atomic mass is 9.92. The van der Waals surface area contributed by atoms with E-state index in [4.69, 9.17) is 85.3 Å². The van der Waals surface area contributed by atoms with Crippen LogP contribution in [0.5, 0.6) is 0 Å². The Balaban J connectivity index is 1.43. The smallest absolute Gasteiger partial charge is 0.245 e. The lowest BCUT2D eigenvalue weighted by Gasteiger charge is -2.40. The Hall–Kier alpha value is -3.73. The molecule has 640 valence electrons. The maximum absolute atomic E-state index is 14.7. The molecule has 3 fully saturated rings. The third kappa shape index (κ3) is 45.2. The molecule has 0 aliphatic carbocycles. The van der Waals surface area contributed by atoms with Gasteiger partial charge in [-0.15, -0.1) is 0 Å². The number of hydrogen-bond donors (Lipinski definition) is 13. The van der Waals surface area contributed by atoms with E-state index in [-0.39, 0.29) is 122 Å². The molecule has 16 unspecified atom stereocenters. The van der Waals surface area contributed by atoms with Crippen LogP contribution in [0.1, 0.15) is 104 Å². The van der Waals surface area contributed by atoms with Crippen molar-refractivity contribution in [2.45, 2.75) is 184 Å². The van der Waals surface area contributed by atoms with Crippen LogP contribution in [-0.2, 0) is 109 Å². The van der Waals surface area contributed by atoms with Gasteiger partial charge in [-0.2, -0.15) is 0 Å². The van der Waals surface area contributed by atoms with Crippen molar-refractivity contribution in [3.8, 4) is 0 Å². The number of rotatable bonds is 70. The van der Waals surface area contributed by atoms with Crippen molar-refractivity contribution in [2.24, 2.45) is 17.8 Å². The highest BCUT2D eigenvalue weighted by Gasteiger charge is 2.45. The van der Waals surface area contributed by atoms with Crippen molar-refractivity contribution in [1.82, 2.24) is 26.2 Å². The summed E-state index contributed by atoms with van der Waals surface area (Å²) in [7, 11) is 1.63. The molecule has 3 aliphatic heterocycles. The highest BCUT2D eigenvalue weighted by molar-refractivity contribution is 5.88. The molecule has 109 heavy (non-hydrogen) atoms. The second-order valence-electron chi connectivity index (χ2n) is 26.7. The molecule has 0 saturated carbocycles. The zero-order valence-electron chi connectivity index (χ0n) is 64.8. The number of hydrogen-bond acceptors (Lipinski definition) is 32. The second kappa shape index (κ2) is 64.5. The summed E-state index contributed by atoms with van der Waals surface area (Å²) in [6.07, 6.45) is -8.99. The van der Waals surface area contributed by atoms with Crippen LogP contribution >= 0.6 is 0 Å². The molecule has 0 aromatic rings. The molecular formula is C72H135N5O32. The van der Waals surface area contributed by atoms with Crippen LogP contribution in [0, 0.1) is 17.8 Å². The van der Waals surface area contributed by atoms with Crippen molar-refractivity contribution in [3.63, 3.8) is 0 Å². The Kier molecular flexibility index (Phi) is 58.9. The molecule has 0 radical (unpaired) electrons. The summed E-state index contributed by atoms with van der Waals surface area (Å²) in [5.41, 5.74) is 0. The van der Waals surface area contributed by atoms with Gasteiger partial charge in [0.15, 0.2) is 18.9 Å². The Morgan fingerprint density at radius 2 is 0.624 bits per heavy atom. The molecule has 0 aromatic carbocycles. The normalized spacial score (nSPS) is 24.6. The molecule has 37 heteroatoms. The van der Waals surface area contributed by atoms with Gasteiger partial charge in [0.05, 0.1) is 190 Å². The van der Waals surface area contributed by atoms with Crippen LogP contribution in [0.15, 0.2) is 0 Å². The van der Waals surface area contributed by atoms with Crippen LogP contribution in [0.4, 0.5) is 0 Å². The lowest BCUT2D eigenvalue weighted by Crippen LogP contribution is -2.55. The van der Waals surface area contributed by atoms with E-state index in [9.17, 15) is 69.9 Å². The van der Waals surface area contributed by atoms with Crippen molar-refractivity contribution >= 4 is 29.5 Å². The van der Waals surface area contributed by atoms with E-state index in [1.54, 1.807) is 27.9 Å². The molecule has 16 atom stereocenters. The topological polar surface area (TPSA) is 485 Å². The molecule has 13 N–H and O–H groups in total. The fraction of sp³-hybridized carbons (Fsp3) is 0.931. The highest BCUT2D eigenvalue weighted by Crippen LogP contribution is 2.29. The Labute approximate surface area is 642 Å². The number of aliphatic hydroxyl groups is 9. The van der Waals surface area contributed by atoms with Gasteiger partial charge < -0.3 is 157 Å². The first-order valence-electron chi connectivity index (χ1n) is 38.8. The zero-order chi connectivity index (χ0) is 79.5. The number of amides is 5. The van der Waals surface area contributed by atoms with Crippen LogP contribution in [0.25, 0.3) is 0 Å². The lowest BCUT2D eigenvalue weighted by molar-refractivity contribution is -0.282. The summed E-state index contributed by atoms with van der Waals surface area (Å²) in [4.78, 5) is 68.9. The quantitative estimate of drug-likeness (QED) is 0.0267. The molecule has 3 heterocycles. The van der Waals surface area contributed by atoms with E-state index in [2.05, 4.69) is 21.3 Å². The minimum absolute atomic E-state index is 0.00629. The summed E-state index contributed by atoms with van der Waals surface area (Å²) in [5.74, 6) is -3.51. The minimum Gasteiger partial charge on any atom is -0.394 e. The van der Waals surface area contributed by atoms with Gasteiger partial charge >= 0.3 is 0 Å². The number of carbonyl (C=O) groups is 5. The monoisotopic (exact) mass is 1580 g/mol. The summed E-state index contributed by atoms with van der Waals surface area (Å²) in [6.45, 7) is 13.5. The van der Waals surface area contributed by atoms with E-state index < -0.39 is 129 Å². The van der Waals surface area contributed by atoms with Crippen molar-refractivity contribution in [1.29, 1.82) is 0 Å². The molecule has 0 bridgehead atoms. The highest BCUT2D eigenvalue weighted by atomic mass is 16.7. The first-order valence-corrected chi connectivity index (χ1v) is 38.8. The molecule has 3 aliphatic rings. The molecule has 37 nitrogen and oxygen atoms in total. The van der Waals surface area contributed by atoms with Crippen LogP contribution < -0.4 is 21.3 Å². The van der Waals surface area contributed by atoms with Gasteiger partial charge in [-0.1, -0.05) is 20.8 Å². The fourth-order valence-electron chi connectivity index (χ4n) is 11.3.